The van der Waals surface area contributed by atoms with E-state index in [9.17, 15) is 58.8 Å². The van der Waals surface area contributed by atoms with Crippen LogP contribution in [0.25, 0.3) is 0 Å². The first-order valence-corrected chi connectivity index (χ1v) is 40.2. The third-order valence-electron chi connectivity index (χ3n) is 18.8. The number of methoxy groups -OCH3 is 17. The molecule has 0 bridgehead atoms. The molecule has 11 aromatic carbocycles. The Hall–Kier alpha value is -16.7. The van der Waals surface area contributed by atoms with Gasteiger partial charge >= 0.3 is 29.8 Å². The fraction of sp³-hybridized carbons (Fsp3) is 0.253. The summed E-state index contributed by atoms with van der Waals surface area (Å²) in [4.78, 5) is 87.8. The number of carbonyl (C=O) groups is 8. The summed E-state index contributed by atoms with van der Waals surface area (Å²) in [6.45, 7) is -0.117. The standard InChI is InChI=1S/C19H20O6.2C18H20O7.C10H10O4.2C9H10O4.C9H10O3.C7H8O2/c1-21-14-6-4-5-7-16(14)25-18-13(11-24-19(18)20)12-8-9-15(22-2)17(10-12)23-3;2*1-22-12-6-4-5-7-14(12)25-17(18(20)21)16(19)11-8-9-13(23-2)15(10-11)24-3;1-13-9-4-3-7(8(12)6-11)5-10(9)14-2;1-12-7-4-3-6(9(10)11)5-8(7)13-2;1-12-7-4-2-3-5-8(7)13-6-9(10)11;1-11-8-4-3-7(6-10)5-9(8)12-2;1-9-7-5-3-2-4-6(7)8/h4-10,13,18H,11H2,1-3H3;2*4-10,16-17,19H,1-3H3,(H,20,21);3-6H,1-2H3;3-5H,1-2H3,(H,10,11);2-5H,6H2,1H3,(H,10,11);3-6H,1-2H3;2-5,8H,1H3. The Balaban J connectivity index is 0.000000281. The number of aldehydes is 2. The van der Waals surface area contributed by atoms with E-state index in [0.29, 0.717) is 126 Å². The Morgan fingerprint density at radius 2 is 0.654 bits per heavy atom. The molecule has 12 rings (SSSR count). The molecule has 0 spiro atoms. The Morgan fingerprint density at radius 1 is 0.346 bits per heavy atom. The minimum atomic E-state index is -1.53. The van der Waals surface area contributed by atoms with Crippen molar-refractivity contribution in [3.8, 4) is 126 Å². The predicted molar refractivity (Wildman–Crippen MR) is 492 cm³/mol. The van der Waals surface area contributed by atoms with Gasteiger partial charge in [0.15, 0.2) is 139 Å². The van der Waals surface area contributed by atoms with Crippen LogP contribution in [0.5, 0.6) is 126 Å². The average molecular weight is 1890 g/mol. The summed E-state index contributed by atoms with van der Waals surface area (Å²) in [5, 5.41) is 66.0. The van der Waals surface area contributed by atoms with Gasteiger partial charge in [0.1, 0.15) is 25.1 Å². The smallest absolute Gasteiger partial charge is 0.348 e. The highest BCUT2D eigenvalue weighted by molar-refractivity contribution is 6.33. The number of aliphatic hydroxyl groups is 2. The number of aliphatic carboxylic acids is 3. The fourth-order valence-electron chi connectivity index (χ4n) is 11.9. The summed E-state index contributed by atoms with van der Waals surface area (Å²) < 4.78 is 114. The lowest BCUT2D eigenvalue weighted by Crippen LogP contribution is -2.34. The van der Waals surface area contributed by atoms with E-state index >= 15 is 0 Å². The average Bonchev–Trinajstić information content (AvgIpc) is 1.66. The van der Waals surface area contributed by atoms with Gasteiger partial charge in [-0.15, -0.1) is 0 Å². The van der Waals surface area contributed by atoms with Crippen molar-refractivity contribution in [1.29, 1.82) is 0 Å². The van der Waals surface area contributed by atoms with Crippen molar-refractivity contribution in [1.82, 2.24) is 0 Å². The van der Waals surface area contributed by atoms with Crippen LogP contribution in [0, 0.1) is 0 Å². The van der Waals surface area contributed by atoms with Crippen molar-refractivity contribution in [3.63, 3.8) is 0 Å². The van der Waals surface area contributed by atoms with Crippen LogP contribution < -0.4 is 99.5 Å². The zero-order chi connectivity index (χ0) is 100. The molecule has 11 aromatic rings. The maximum absolute atomic E-state index is 12.2. The molecule has 7 N–H and O–H groups in total. The van der Waals surface area contributed by atoms with Gasteiger partial charge in [-0.3, -0.25) is 14.4 Å². The molecule has 0 aromatic heterocycles. The molecule has 1 aliphatic rings. The topological polar surface area (TPSA) is 481 Å². The van der Waals surface area contributed by atoms with Gasteiger partial charge in [-0.2, -0.15) is 0 Å². The number of carboxylic acids is 4. The van der Waals surface area contributed by atoms with Crippen LogP contribution in [0.4, 0.5) is 0 Å². The molecule has 1 saturated heterocycles. The second kappa shape index (κ2) is 58.2. The normalized spacial score (nSPS) is 12.4. The van der Waals surface area contributed by atoms with E-state index in [4.69, 9.17) is 120 Å². The number of phenolic OH excluding ortho intramolecular Hbond substituents is 1. The maximum atomic E-state index is 12.2. The highest BCUT2D eigenvalue weighted by atomic mass is 16.6. The van der Waals surface area contributed by atoms with Crippen molar-refractivity contribution in [2.75, 3.05) is 134 Å². The summed E-state index contributed by atoms with van der Waals surface area (Å²) in [5.74, 6) is 4.05. The van der Waals surface area contributed by atoms with Crippen molar-refractivity contribution in [3.05, 3.63) is 264 Å². The SMILES string of the molecule is COc1ccc(C(=O)C=O)cc1OC.COc1ccc(C(=O)O)cc1OC.COc1ccc(C(O)C(Oc2ccccc2OC)C(=O)O)cc1OC.COc1ccc(C(O)C(Oc2ccccc2OC)C(=O)O)cc1OC.COc1ccc(C2COC(=O)C2Oc2ccccc2OC)cc1OC.COc1ccc(C=O)cc1OC.COc1ccccc1O.COc1ccccc1OCC(=O)O. The van der Waals surface area contributed by atoms with Gasteiger partial charge in [-0.25, -0.2) is 24.0 Å². The number of Topliss-reactive ketones (excluding diaryl/α,β-unsaturated/α-hetero) is 1. The second-order valence-electron chi connectivity index (χ2n) is 26.9. The van der Waals surface area contributed by atoms with Gasteiger partial charge in [-0.1, -0.05) is 78.9 Å². The lowest BCUT2D eigenvalue weighted by molar-refractivity contribution is -0.151. The molecule has 726 valence electrons. The first-order chi connectivity index (χ1) is 65.5. The summed E-state index contributed by atoms with van der Waals surface area (Å²) in [5.41, 5.74) is 2.56. The number of carboxylic acid groups (broad SMARTS) is 4. The molecular weight excluding hydrogens is 1780 g/mol. The third-order valence-corrected chi connectivity index (χ3v) is 18.8. The highest BCUT2D eigenvalue weighted by Gasteiger charge is 2.41. The van der Waals surface area contributed by atoms with Crippen LogP contribution in [0.3, 0.4) is 0 Å². The minimum Gasteiger partial charge on any atom is -0.504 e. The Labute approximate surface area is 783 Å². The number of ether oxygens (including phenoxy) is 22. The number of rotatable bonds is 37. The number of esters is 1. The van der Waals surface area contributed by atoms with E-state index in [0.717, 1.165) is 11.8 Å². The number of phenols is 1. The Kier molecular flexibility index (Phi) is 47.0. The number of ketones is 1. The first kappa shape index (κ1) is 110. The summed E-state index contributed by atoms with van der Waals surface area (Å²) in [7, 11) is 25.5. The van der Waals surface area contributed by atoms with E-state index in [2.05, 4.69) is 0 Å². The molecule has 0 aliphatic carbocycles. The number of benzene rings is 11. The molecule has 0 saturated carbocycles. The maximum Gasteiger partial charge on any atom is 0.348 e. The Morgan fingerprint density at radius 3 is 1.02 bits per heavy atom. The van der Waals surface area contributed by atoms with E-state index in [-0.39, 0.29) is 53.8 Å². The van der Waals surface area contributed by atoms with Gasteiger partial charge in [0, 0.05) is 11.1 Å². The van der Waals surface area contributed by atoms with Crippen molar-refractivity contribution < 1.29 is 178 Å². The lowest BCUT2D eigenvalue weighted by atomic mass is 9.95. The fourth-order valence-corrected chi connectivity index (χ4v) is 11.9. The van der Waals surface area contributed by atoms with E-state index in [1.54, 1.807) is 198 Å². The molecule has 37 heteroatoms. The quantitative estimate of drug-likeness (QED) is 0.00823. The van der Waals surface area contributed by atoms with Gasteiger partial charge in [0.05, 0.1) is 132 Å². The molecule has 0 radical (unpaired) electrons. The predicted octanol–water partition coefficient (Wildman–Crippen LogP) is 13.9. The molecule has 6 unspecified atom stereocenters. The Bertz CT molecular complexity index is 5450. The van der Waals surface area contributed by atoms with Crippen LogP contribution in [0.2, 0.25) is 0 Å². The van der Waals surface area contributed by atoms with Crippen LogP contribution in [-0.2, 0) is 28.7 Å². The molecule has 1 aliphatic heterocycles. The van der Waals surface area contributed by atoms with Crippen LogP contribution in [-0.4, -0.2) is 236 Å². The number of carbonyl (C=O) groups excluding carboxylic acids is 4. The number of aromatic hydroxyl groups is 1. The highest BCUT2D eigenvalue weighted by Crippen LogP contribution is 2.41. The van der Waals surface area contributed by atoms with Crippen LogP contribution >= 0.6 is 0 Å². The van der Waals surface area contributed by atoms with Crippen molar-refractivity contribution in [2.45, 2.75) is 36.4 Å². The van der Waals surface area contributed by atoms with Crippen molar-refractivity contribution >= 4 is 48.2 Å². The first-order valence-electron chi connectivity index (χ1n) is 40.2. The zero-order valence-corrected chi connectivity index (χ0v) is 77.4. The van der Waals surface area contributed by atoms with Crippen molar-refractivity contribution in [2.24, 2.45) is 0 Å². The number of aliphatic hydroxyl groups excluding tert-OH is 2. The zero-order valence-electron chi connectivity index (χ0n) is 77.4. The molecule has 6 atom stereocenters. The van der Waals surface area contributed by atoms with E-state index in [1.807, 2.05) is 24.3 Å². The largest absolute Gasteiger partial charge is 0.504 e. The van der Waals surface area contributed by atoms with E-state index < -0.39 is 66.1 Å². The van der Waals surface area contributed by atoms with E-state index in [1.165, 1.54) is 129 Å². The monoisotopic (exact) mass is 1890 g/mol. The molecule has 136 heavy (non-hydrogen) atoms. The number of hydrogen-bond acceptors (Lipinski definition) is 33. The second-order valence-corrected chi connectivity index (χ2v) is 26.9. The van der Waals surface area contributed by atoms with Gasteiger partial charge < -0.3 is 140 Å². The minimum absolute atomic E-state index is 0.178. The van der Waals surface area contributed by atoms with Gasteiger partial charge in [0.2, 0.25) is 24.1 Å². The summed E-state index contributed by atoms with van der Waals surface area (Å²) >= 11 is 0. The number of para-hydroxylation sites is 10. The molecule has 0 amide bonds. The third kappa shape index (κ3) is 32.7. The van der Waals surface area contributed by atoms with Crippen LogP contribution in [0.15, 0.2) is 231 Å². The van der Waals surface area contributed by atoms with Gasteiger partial charge in [-0.05, 0) is 168 Å². The van der Waals surface area contributed by atoms with Crippen LogP contribution in [0.1, 0.15) is 65.9 Å². The summed E-state index contributed by atoms with van der Waals surface area (Å²) in [6.07, 6.45) is -5.65. The molecule has 1 heterocycles. The number of hydrogen-bond donors (Lipinski definition) is 7. The lowest BCUT2D eigenvalue weighted by Gasteiger charge is -2.22. The molecule has 37 nitrogen and oxygen atoms in total. The molecule has 1 fully saturated rings. The number of cyclic esters (lactones) is 1. The molecular formula is C99H108O37. The van der Waals surface area contributed by atoms with Gasteiger partial charge in [0.25, 0.3) is 0 Å². The summed E-state index contributed by atoms with van der Waals surface area (Å²) in [6, 6.07) is 62.9. The number of aromatic carboxylic acids is 1.